The average molecular weight is 549 g/mol. The van der Waals surface area contributed by atoms with Gasteiger partial charge in [0.05, 0.1) is 11.1 Å². The summed E-state index contributed by atoms with van der Waals surface area (Å²) >= 11 is 6.50. The number of ether oxygens (including phenoxy) is 1. The van der Waals surface area contributed by atoms with Gasteiger partial charge in [0.25, 0.3) is 17.0 Å². The minimum Gasteiger partial charge on any atom is -0.436 e. The molecule has 0 radical (unpaired) electrons. The van der Waals surface area contributed by atoms with Crippen LogP contribution in [0.2, 0.25) is 5.28 Å². The number of hydrogen-bond donors (Lipinski definition) is 1. The van der Waals surface area contributed by atoms with E-state index in [1.807, 2.05) is 31.2 Å². The van der Waals surface area contributed by atoms with Crippen LogP contribution < -0.4 is 10.1 Å². The van der Waals surface area contributed by atoms with Crippen LogP contribution in [0.5, 0.6) is 11.6 Å². The van der Waals surface area contributed by atoms with Gasteiger partial charge in [-0.3, -0.25) is 19.3 Å². The zero-order chi connectivity index (χ0) is 26.8. The fraction of sp³-hybridized carbons (Fsp3) is 0.0741. The van der Waals surface area contributed by atoms with E-state index in [0.29, 0.717) is 28.4 Å². The summed E-state index contributed by atoms with van der Waals surface area (Å²) in [6.45, 7) is 1.39. The summed E-state index contributed by atoms with van der Waals surface area (Å²) in [7, 11) is 0. The summed E-state index contributed by atoms with van der Waals surface area (Å²) in [5.41, 5.74) is 1.86. The van der Waals surface area contributed by atoms with Gasteiger partial charge in [-0.25, -0.2) is 4.98 Å². The summed E-state index contributed by atoms with van der Waals surface area (Å²) in [4.78, 5) is 46.8. The second-order valence-electron chi connectivity index (χ2n) is 8.22. The third-order valence-electron chi connectivity index (χ3n) is 5.69. The molecule has 1 aromatic heterocycles. The van der Waals surface area contributed by atoms with E-state index < -0.39 is 35.3 Å². The Morgan fingerprint density at radius 1 is 1.13 bits per heavy atom. The number of rotatable bonds is 6. The molecule has 0 spiro atoms. The highest BCUT2D eigenvalue weighted by atomic mass is 35.5. The molecular formula is C27H18ClFN4O4S. The first-order valence-electron chi connectivity index (χ1n) is 11.3. The van der Waals surface area contributed by atoms with Gasteiger partial charge in [0, 0.05) is 11.3 Å². The zero-order valence-corrected chi connectivity index (χ0v) is 21.3. The molecule has 38 heavy (non-hydrogen) atoms. The first kappa shape index (κ1) is 25.4. The minimum absolute atomic E-state index is 0.0843. The maximum atomic E-state index is 14.3. The molecule has 3 aromatic carbocycles. The molecule has 0 unspecified atom stereocenters. The van der Waals surface area contributed by atoms with Crippen LogP contribution in [0.15, 0.2) is 71.8 Å². The van der Waals surface area contributed by atoms with Crippen LogP contribution in [-0.2, 0) is 9.59 Å². The van der Waals surface area contributed by atoms with Gasteiger partial charge in [-0.15, -0.1) is 0 Å². The van der Waals surface area contributed by atoms with Crippen molar-refractivity contribution < 1.29 is 23.5 Å². The molecule has 0 saturated carbocycles. The van der Waals surface area contributed by atoms with Crippen molar-refractivity contribution in [3.8, 4) is 11.6 Å². The van der Waals surface area contributed by atoms with Gasteiger partial charge in [-0.05, 0) is 64.8 Å². The van der Waals surface area contributed by atoms with Gasteiger partial charge < -0.3 is 10.1 Å². The molecule has 190 valence electrons. The molecule has 0 aliphatic carbocycles. The van der Waals surface area contributed by atoms with Gasteiger partial charge >= 0.3 is 0 Å². The van der Waals surface area contributed by atoms with Gasteiger partial charge in [-0.1, -0.05) is 48.5 Å². The van der Waals surface area contributed by atoms with E-state index in [-0.39, 0.29) is 15.9 Å². The molecular weight excluding hydrogens is 531 g/mol. The summed E-state index contributed by atoms with van der Waals surface area (Å²) < 4.78 is 20.0. The van der Waals surface area contributed by atoms with E-state index in [1.165, 1.54) is 6.08 Å². The quantitative estimate of drug-likeness (QED) is 0.226. The Hall–Kier alpha value is -4.28. The highest BCUT2D eigenvalue weighted by Crippen LogP contribution is 2.38. The molecule has 0 atom stereocenters. The lowest BCUT2D eigenvalue weighted by atomic mass is 10.0. The second-order valence-corrected chi connectivity index (χ2v) is 9.55. The maximum absolute atomic E-state index is 14.3. The molecule has 1 saturated heterocycles. The number of hydrogen-bond acceptors (Lipinski definition) is 7. The Bertz CT molecular complexity index is 1640. The predicted molar refractivity (Wildman–Crippen MR) is 144 cm³/mol. The van der Waals surface area contributed by atoms with Crippen molar-refractivity contribution in [3.63, 3.8) is 0 Å². The Kier molecular flexibility index (Phi) is 7.08. The number of aryl methyl sites for hydroxylation is 1. The van der Waals surface area contributed by atoms with E-state index in [9.17, 15) is 18.8 Å². The zero-order valence-electron chi connectivity index (χ0n) is 19.8. The average Bonchev–Trinajstić information content (AvgIpc) is 3.16. The molecule has 11 heteroatoms. The Balaban J connectivity index is 1.46. The van der Waals surface area contributed by atoms with E-state index in [4.69, 9.17) is 16.3 Å². The van der Waals surface area contributed by atoms with Crippen molar-refractivity contribution >= 4 is 63.0 Å². The third-order valence-corrected chi connectivity index (χ3v) is 6.78. The van der Waals surface area contributed by atoms with Crippen LogP contribution in [0, 0.1) is 12.7 Å². The van der Waals surface area contributed by atoms with Crippen molar-refractivity contribution in [3.05, 3.63) is 94.0 Å². The van der Waals surface area contributed by atoms with Gasteiger partial charge in [0.15, 0.2) is 0 Å². The number of halogens is 2. The van der Waals surface area contributed by atoms with Gasteiger partial charge in [0.1, 0.15) is 12.3 Å². The number of carbonyl (C=O) groups is 3. The number of imide groups is 1. The SMILES string of the molecule is Cc1ccccc1NC(=O)CN1C(=O)S/C(=C/c2c(Oc3nc(Cl)ncc3F)ccc3ccccc23)C1=O. The predicted octanol–water partition coefficient (Wildman–Crippen LogP) is 6.20. The lowest BCUT2D eigenvalue weighted by Gasteiger charge is -2.14. The summed E-state index contributed by atoms with van der Waals surface area (Å²) in [6, 6.07) is 17.9. The van der Waals surface area contributed by atoms with Crippen LogP contribution in [0.3, 0.4) is 0 Å². The maximum Gasteiger partial charge on any atom is 0.294 e. The molecule has 2 heterocycles. The molecule has 8 nitrogen and oxygen atoms in total. The molecule has 3 amide bonds. The summed E-state index contributed by atoms with van der Waals surface area (Å²) in [5, 5.41) is 3.45. The topological polar surface area (TPSA) is 101 Å². The highest BCUT2D eigenvalue weighted by Gasteiger charge is 2.36. The molecule has 5 rings (SSSR count). The van der Waals surface area contributed by atoms with Crippen molar-refractivity contribution in [2.75, 3.05) is 11.9 Å². The van der Waals surface area contributed by atoms with Crippen molar-refractivity contribution in [1.29, 1.82) is 0 Å². The Morgan fingerprint density at radius 3 is 2.71 bits per heavy atom. The number of amides is 3. The van der Waals surface area contributed by atoms with Crippen LogP contribution >= 0.6 is 23.4 Å². The van der Waals surface area contributed by atoms with E-state index in [1.54, 1.807) is 36.4 Å². The number of carbonyl (C=O) groups excluding carboxylic acids is 3. The largest absolute Gasteiger partial charge is 0.436 e. The standard InChI is InChI=1S/C27H18ClFN4O4S/c1-15-6-2-5-9-20(15)31-23(34)14-33-25(35)22(38-27(33)36)12-18-17-8-4-3-7-16(17)10-11-21(18)37-24-19(29)13-30-26(28)32-24/h2-13H,14H2,1H3,(H,31,34)/b22-12+. The van der Waals surface area contributed by atoms with Crippen LogP contribution in [0.1, 0.15) is 11.1 Å². The fourth-order valence-corrected chi connectivity index (χ4v) is 4.78. The number of benzene rings is 3. The molecule has 1 aliphatic rings. The van der Waals surface area contributed by atoms with Crippen LogP contribution in [0.25, 0.3) is 16.8 Å². The summed E-state index contributed by atoms with van der Waals surface area (Å²) in [5.74, 6) is -2.17. The number of aromatic nitrogens is 2. The first-order chi connectivity index (χ1) is 18.3. The second kappa shape index (κ2) is 10.6. The molecule has 1 fully saturated rings. The number of para-hydroxylation sites is 1. The molecule has 0 bridgehead atoms. The number of anilines is 1. The Labute approximate surface area is 225 Å². The number of nitrogens with zero attached hydrogens (tertiary/aromatic N) is 3. The smallest absolute Gasteiger partial charge is 0.294 e. The van der Waals surface area contributed by atoms with Gasteiger partial charge in [0.2, 0.25) is 17.0 Å². The van der Waals surface area contributed by atoms with Crippen molar-refractivity contribution in [1.82, 2.24) is 14.9 Å². The minimum atomic E-state index is -0.825. The van der Waals surface area contributed by atoms with Gasteiger partial charge in [-0.2, -0.15) is 9.37 Å². The molecule has 1 aliphatic heterocycles. The normalized spacial score (nSPS) is 14.4. The lowest BCUT2D eigenvalue weighted by molar-refractivity contribution is -0.127. The van der Waals surface area contributed by atoms with Crippen molar-refractivity contribution in [2.45, 2.75) is 6.92 Å². The van der Waals surface area contributed by atoms with Crippen molar-refractivity contribution in [2.24, 2.45) is 0 Å². The van der Waals surface area contributed by atoms with Crippen LogP contribution in [-0.4, -0.2) is 38.5 Å². The number of thioether (sulfide) groups is 1. The van der Waals surface area contributed by atoms with Crippen LogP contribution in [0.4, 0.5) is 14.9 Å². The third kappa shape index (κ3) is 5.22. The Morgan fingerprint density at radius 2 is 1.89 bits per heavy atom. The summed E-state index contributed by atoms with van der Waals surface area (Å²) in [6.07, 6.45) is 2.38. The molecule has 1 N–H and O–H groups in total. The first-order valence-corrected chi connectivity index (χ1v) is 12.5. The lowest BCUT2D eigenvalue weighted by Crippen LogP contribution is -2.36. The number of fused-ring (bicyclic) bond motifs is 1. The number of nitrogens with one attached hydrogen (secondary N) is 1. The highest BCUT2D eigenvalue weighted by molar-refractivity contribution is 8.18. The van der Waals surface area contributed by atoms with E-state index in [2.05, 4.69) is 15.3 Å². The van der Waals surface area contributed by atoms with E-state index in [0.717, 1.165) is 22.0 Å². The fourth-order valence-electron chi connectivity index (χ4n) is 3.83. The van der Waals surface area contributed by atoms with E-state index >= 15 is 0 Å². The molecule has 4 aromatic rings. The monoisotopic (exact) mass is 548 g/mol.